The van der Waals surface area contributed by atoms with E-state index in [1.807, 2.05) is 0 Å². The molecule has 0 spiro atoms. The van der Waals surface area contributed by atoms with Crippen LogP contribution in [0.5, 0.6) is 5.75 Å². The van der Waals surface area contributed by atoms with Crippen LogP contribution in [0.1, 0.15) is 48.9 Å². The second kappa shape index (κ2) is 8.98. The maximum absolute atomic E-state index is 12.8. The van der Waals surface area contributed by atoms with Crippen molar-refractivity contribution >= 4 is 5.91 Å². The van der Waals surface area contributed by atoms with Gasteiger partial charge in [0, 0.05) is 6.54 Å². The molecular weight excluding hydrogens is 297 g/mol. The minimum absolute atomic E-state index is 0.190. The highest BCUT2D eigenvalue weighted by atomic mass is 19.1. The number of hydrogen-bond acceptors (Lipinski definition) is 3. The summed E-state index contributed by atoms with van der Waals surface area (Å²) in [4.78, 5) is 11.9. The Bertz CT molecular complexity index is 607. The Balaban J connectivity index is 1.76. The maximum atomic E-state index is 12.8. The molecule has 1 aromatic heterocycles. The second-order valence-corrected chi connectivity index (χ2v) is 5.33. The summed E-state index contributed by atoms with van der Waals surface area (Å²) >= 11 is 0. The van der Waals surface area contributed by atoms with Crippen molar-refractivity contribution < 1.29 is 18.3 Å². The average Bonchev–Trinajstić information content (AvgIpc) is 3.03. The van der Waals surface area contributed by atoms with Crippen LogP contribution in [0.25, 0.3) is 0 Å². The summed E-state index contributed by atoms with van der Waals surface area (Å²) < 4.78 is 23.7. The van der Waals surface area contributed by atoms with Crippen LogP contribution in [0.3, 0.4) is 0 Å². The summed E-state index contributed by atoms with van der Waals surface area (Å²) in [7, 11) is 0. The predicted molar refractivity (Wildman–Crippen MR) is 85.9 cm³/mol. The SMILES string of the molecule is CCCCCCNC(=O)c1ccc(COc2ccc(F)cc2)o1. The summed E-state index contributed by atoms with van der Waals surface area (Å²) in [6.07, 6.45) is 4.44. The van der Waals surface area contributed by atoms with Crippen molar-refractivity contribution in [3.63, 3.8) is 0 Å². The quantitative estimate of drug-likeness (QED) is 0.701. The van der Waals surface area contributed by atoms with Gasteiger partial charge in [-0.15, -0.1) is 0 Å². The molecule has 2 aromatic rings. The van der Waals surface area contributed by atoms with Crippen LogP contribution < -0.4 is 10.1 Å². The summed E-state index contributed by atoms with van der Waals surface area (Å²) in [6, 6.07) is 9.08. The normalized spacial score (nSPS) is 10.5. The minimum atomic E-state index is -0.312. The summed E-state index contributed by atoms with van der Waals surface area (Å²) in [5, 5.41) is 2.84. The van der Waals surface area contributed by atoms with E-state index in [0.717, 1.165) is 12.8 Å². The molecule has 0 saturated carbocycles. The number of hydrogen-bond donors (Lipinski definition) is 1. The summed E-state index contributed by atoms with van der Waals surface area (Å²) in [6.45, 7) is 2.99. The van der Waals surface area contributed by atoms with Crippen LogP contribution in [-0.4, -0.2) is 12.5 Å². The lowest BCUT2D eigenvalue weighted by atomic mass is 10.2. The van der Waals surface area contributed by atoms with Crippen LogP contribution in [0.2, 0.25) is 0 Å². The molecule has 1 N–H and O–H groups in total. The number of carbonyl (C=O) groups excluding carboxylic acids is 1. The molecule has 5 heteroatoms. The van der Waals surface area contributed by atoms with E-state index in [1.54, 1.807) is 24.3 Å². The molecule has 0 aliphatic heterocycles. The fourth-order valence-corrected chi connectivity index (χ4v) is 2.10. The highest BCUT2D eigenvalue weighted by molar-refractivity contribution is 5.91. The molecule has 1 aromatic carbocycles. The molecule has 124 valence electrons. The molecule has 0 aliphatic carbocycles. The van der Waals surface area contributed by atoms with Gasteiger partial charge in [0.15, 0.2) is 5.76 Å². The Morgan fingerprint density at radius 3 is 2.65 bits per heavy atom. The smallest absolute Gasteiger partial charge is 0.286 e. The van der Waals surface area contributed by atoms with Crippen molar-refractivity contribution in [3.05, 3.63) is 53.7 Å². The van der Waals surface area contributed by atoms with Crippen LogP contribution in [0.4, 0.5) is 4.39 Å². The van der Waals surface area contributed by atoms with Gasteiger partial charge in [0.05, 0.1) is 0 Å². The van der Waals surface area contributed by atoms with Crippen LogP contribution in [0.15, 0.2) is 40.8 Å². The van der Waals surface area contributed by atoms with Gasteiger partial charge in [0.2, 0.25) is 0 Å². The average molecular weight is 319 g/mol. The number of rotatable bonds is 9. The first-order valence-electron chi connectivity index (χ1n) is 7.94. The van der Waals surface area contributed by atoms with Gasteiger partial charge in [0.1, 0.15) is 23.9 Å². The number of furan rings is 1. The molecule has 1 heterocycles. The highest BCUT2D eigenvalue weighted by Crippen LogP contribution is 2.15. The number of nitrogens with one attached hydrogen (secondary N) is 1. The number of carbonyl (C=O) groups is 1. The Hall–Kier alpha value is -2.30. The van der Waals surface area contributed by atoms with E-state index in [2.05, 4.69) is 12.2 Å². The number of benzene rings is 1. The van der Waals surface area contributed by atoms with Crippen LogP contribution >= 0.6 is 0 Å². The third-order valence-corrected chi connectivity index (χ3v) is 3.40. The van der Waals surface area contributed by atoms with Crippen molar-refractivity contribution in [2.24, 2.45) is 0 Å². The van der Waals surface area contributed by atoms with Gasteiger partial charge in [0.25, 0.3) is 5.91 Å². The molecule has 0 bridgehead atoms. The number of unbranched alkanes of at least 4 members (excludes halogenated alkanes) is 3. The molecular formula is C18H22FNO3. The van der Waals surface area contributed by atoms with E-state index in [0.29, 0.717) is 18.1 Å². The first-order chi connectivity index (χ1) is 11.2. The van der Waals surface area contributed by atoms with E-state index >= 15 is 0 Å². The van der Waals surface area contributed by atoms with Crippen molar-refractivity contribution in [1.82, 2.24) is 5.32 Å². The molecule has 0 radical (unpaired) electrons. The molecule has 0 unspecified atom stereocenters. The van der Waals surface area contributed by atoms with Gasteiger partial charge >= 0.3 is 0 Å². The number of halogens is 1. The van der Waals surface area contributed by atoms with Gasteiger partial charge in [-0.25, -0.2) is 4.39 Å². The predicted octanol–water partition coefficient (Wildman–Crippen LogP) is 4.31. The Morgan fingerprint density at radius 1 is 1.13 bits per heavy atom. The van der Waals surface area contributed by atoms with Gasteiger partial charge in [-0.2, -0.15) is 0 Å². The number of amides is 1. The number of ether oxygens (including phenoxy) is 1. The molecule has 23 heavy (non-hydrogen) atoms. The van der Waals surface area contributed by atoms with E-state index in [4.69, 9.17) is 9.15 Å². The van der Waals surface area contributed by atoms with Crippen molar-refractivity contribution in [1.29, 1.82) is 0 Å². The Labute approximate surface area is 135 Å². The lowest BCUT2D eigenvalue weighted by Gasteiger charge is -2.04. The molecule has 0 fully saturated rings. The third-order valence-electron chi connectivity index (χ3n) is 3.40. The van der Waals surface area contributed by atoms with Gasteiger partial charge in [-0.1, -0.05) is 26.2 Å². The monoisotopic (exact) mass is 319 g/mol. The van der Waals surface area contributed by atoms with Gasteiger partial charge in [-0.05, 0) is 42.8 Å². The van der Waals surface area contributed by atoms with E-state index in [-0.39, 0.29) is 24.1 Å². The van der Waals surface area contributed by atoms with Crippen molar-refractivity contribution in [2.45, 2.75) is 39.2 Å². The zero-order valence-electron chi connectivity index (χ0n) is 13.3. The van der Waals surface area contributed by atoms with Crippen molar-refractivity contribution in [2.75, 3.05) is 6.54 Å². The van der Waals surface area contributed by atoms with Gasteiger partial charge < -0.3 is 14.5 Å². The standard InChI is InChI=1S/C18H22FNO3/c1-2-3-4-5-12-20-18(21)17-11-10-16(23-17)13-22-15-8-6-14(19)7-9-15/h6-11H,2-5,12-13H2,1H3,(H,20,21). The zero-order chi connectivity index (χ0) is 16.5. The highest BCUT2D eigenvalue weighted by Gasteiger charge is 2.10. The summed E-state index contributed by atoms with van der Waals surface area (Å²) in [5.74, 6) is 0.844. The fraction of sp³-hybridized carbons (Fsp3) is 0.389. The molecule has 0 saturated heterocycles. The second-order valence-electron chi connectivity index (χ2n) is 5.33. The summed E-state index contributed by atoms with van der Waals surface area (Å²) in [5.41, 5.74) is 0. The molecule has 0 aliphatic rings. The van der Waals surface area contributed by atoms with Crippen LogP contribution in [-0.2, 0) is 6.61 Å². The topological polar surface area (TPSA) is 51.5 Å². The van der Waals surface area contributed by atoms with E-state index in [1.165, 1.54) is 25.0 Å². The van der Waals surface area contributed by atoms with E-state index < -0.39 is 0 Å². The molecule has 4 nitrogen and oxygen atoms in total. The Kier molecular flexibility index (Phi) is 6.66. The van der Waals surface area contributed by atoms with E-state index in [9.17, 15) is 9.18 Å². The molecule has 1 amide bonds. The maximum Gasteiger partial charge on any atom is 0.286 e. The minimum Gasteiger partial charge on any atom is -0.486 e. The first kappa shape index (κ1) is 17.1. The molecule has 0 atom stereocenters. The van der Waals surface area contributed by atoms with Crippen LogP contribution in [0, 0.1) is 5.82 Å². The van der Waals surface area contributed by atoms with Crippen molar-refractivity contribution in [3.8, 4) is 5.75 Å². The lowest BCUT2D eigenvalue weighted by Crippen LogP contribution is -2.23. The fourth-order valence-electron chi connectivity index (χ4n) is 2.10. The zero-order valence-corrected chi connectivity index (χ0v) is 13.3. The third kappa shape index (κ3) is 5.77. The first-order valence-corrected chi connectivity index (χ1v) is 7.94. The largest absolute Gasteiger partial charge is 0.486 e. The van der Waals surface area contributed by atoms with Gasteiger partial charge in [-0.3, -0.25) is 4.79 Å². The molecule has 2 rings (SSSR count). The Morgan fingerprint density at radius 2 is 1.91 bits per heavy atom. The lowest BCUT2D eigenvalue weighted by molar-refractivity contribution is 0.0921.